The quantitative estimate of drug-likeness (QED) is 0.790. The zero-order chi connectivity index (χ0) is 17.3. The standard InChI is InChI=1S/C21H23N3O2/c1-3-18-15(11-23-12-19(18)14-5-7-22-8-6-14)9-16(1)24-17-2-4-20-21(10-17)26-13-25-20/h1-4,9-10,12,14,22-24H,5-8,11,13H2. The molecule has 0 aliphatic carbocycles. The molecule has 2 aromatic rings. The highest BCUT2D eigenvalue weighted by Gasteiger charge is 2.23. The van der Waals surface area contributed by atoms with Crippen LogP contribution in [0.2, 0.25) is 0 Å². The molecule has 0 amide bonds. The highest BCUT2D eigenvalue weighted by atomic mass is 16.7. The topological polar surface area (TPSA) is 54.5 Å². The van der Waals surface area contributed by atoms with Crippen LogP contribution in [0.4, 0.5) is 11.4 Å². The first-order chi connectivity index (χ1) is 12.9. The minimum absolute atomic E-state index is 0.301. The number of rotatable bonds is 3. The van der Waals surface area contributed by atoms with Crippen LogP contribution in [-0.4, -0.2) is 19.9 Å². The van der Waals surface area contributed by atoms with Crippen LogP contribution in [0.25, 0.3) is 5.57 Å². The van der Waals surface area contributed by atoms with E-state index in [4.69, 9.17) is 9.47 Å². The Balaban J connectivity index is 1.38. The van der Waals surface area contributed by atoms with Gasteiger partial charge in [-0.3, -0.25) is 0 Å². The predicted molar refractivity (Wildman–Crippen MR) is 103 cm³/mol. The van der Waals surface area contributed by atoms with Gasteiger partial charge in [-0.05, 0) is 72.8 Å². The van der Waals surface area contributed by atoms with E-state index in [1.807, 2.05) is 18.2 Å². The smallest absolute Gasteiger partial charge is 0.231 e. The maximum atomic E-state index is 5.46. The zero-order valence-electron chi connectivity index (χ0n) is 14.7. The van der Waals surface area contributed by atoms with Crippen molar-refractivity contribution in [2.24, 2.45) is 5.92 Å². The molecule has 5 rings (SSSR count). The van der Waals surface area contributed by atoms with Gasteiger partial charge in [0.1, 0.15) is 0 Å². The summed E-state index contributed by atoms with van der Waals surface area (Å²) in [6, 6.07) is 12.6. The molecule has 2 aromatic carbocycles. The Morgan fingerprint density at radius 2 is 1.73 bits per heavy atom. The number of benzene rings is 2. The molecule has 0 aromatic heterocycles. The number of allylic oxidation sites excluding steroid dienone is 1. The number of hydrogen-bond donors (Lipinski definition) is 3. The molecule has 3 heterocycles. The molecule has 5 nitrogen and oxygen atoms in total. The molecule has 3 N–H and O–H groups in total. The summed E-state index contributed by atoms with van der Waals surface area (Å²) in [6.45, 7) is 3.40. The van der Waals surface area contributed by atoms with E-state index in [9.17, 15) is 0 Å². The van der Waals surface area contributed by atoms with Gasteiger partial charge in [-0.25, -0.2) is 0 Å². The van der Waals surface area contributed by atoms with E-state index in [-0.39, 0.29) is 0 Å². The minimum atomic E-state index is 0.301. The van der Waals surface area contributed by atoms with E-state index in [0.29, 0.717) is 12.7 Å². The second-order valence-electron chi connectivity index (χ2n) is 7.07. The minimum Gasteiger partial charge on any atom is -0.454 e. The average molecular weight is 349 g/mol. The lowest BCUT2D eigenvalue weighted by Crippen LogP contribution is -2.30. The highest BCUT2D eigenvalue weighted by molar-refractivity contribution is 5.74. The summed E-state index contributed by atoms with van der Waals surface area (Å²) in [5, 5.41) is 10.4. The summed E-state index contributed by atoms with van der Waals surface area (Å²) in [7, 11) is 0. The molecule has 0 saturated carbocycles. The summed E-state index contributed by atoms with van der Waals surface area (Å²) in [5.74, 6) is 2.25. The van der Waals surface area contributed by atoms with Gasteiger partial charge in [0, 0.05) is 30.2 Å². The first-order valence-corrected chi connectivity index (χ1v) is 9.31. The molecule has 3 aliphatic rings. The van der Waals surface area contributed by atoms with Gasteiger partial charge in [-0.2, -0.15) is 0 Å². The number of ether oxygens (including phenoxy) is 2. The predicted octanol–water partition coefficient (Wildman–Crippen LogP) is 3.60. The van der Waals surface area contributed by atoms with Crippen molar-refractivity contribution in [1.82, 2.24) is 10.6 Å². The van der Waals surface area contributed by atoms with Gasteiger partial charge in [0.25, 0.3) is 0 Å². The Bertz CT molecular complexity index is 856. The third-order valence-electron chi connectivity index (χ3n) is 5.41. The monoisotopic (exact) mass is 349 g/mol. The van der Waals surface area contributed by atoms with Gasteiger partial charge in [0.2, 0.25) is 6.79 Å². The molecule has 3 aliphatic heterocycles. The lowest BCUT2D eigenvalue weighted by Gasteiger charge is -2.29. The van der Waals surface area contributed by atoms with E-state index in [1.54, 1.807) is 0 Å². The van der Waals surface area contributed by atoms with Crippen molar-refractivity contribution < 1.29 is 9.47 Å². The lowest BCUT2D eigenvalue weighted by atomic mass is 9.83. The number of hydrogen-bond acceptors (Lipinski definition) is 5. The van der Waals surface area contributed by atoms with Gasteiger partial charge in [-0.15, -0.1) is 0 Å². The average Bonchev–Trinajstić information content (AvgIpc) is 3.16. The van der Waals surface area contributed by atoms with Crippen molar-refractivity contribution in [1.29, 1.82) is 0 Å². The summed E-state index contributed by atoms with van der Waals surface area (Å²) in [5.41, 5.74) is 6.31. The molecular formula is C21H23N3O2. The second-order valence-corrected chi connectivity index (χ2v) is 7.07. The fourth-order valence-electron chi connectivity index (χ4n) is 4.06. The van der Waals surface area contributed by atoms with Crippen LogP contribution in [0.15, 0.2) is 42.6 Å². The third kappa shape index (κ3) is 2.88. The second kappa shape index (κ2) is 6.57. The molecule has 1 saturated heterocycles. The highest BCUT2D eigenvalue weighted by Crippen LogP contribution is 2.37. The van der Waals surface area contributed by atoms with Crippen LogP contribution in [0.3, 0.4) is 0 Å². The molecule has 5 heteroatoms. The fraction of sp³-hybridized carbons (Fsp3) is 0.333. The molecule has 1 fully saturated rings. The van der Waals surface area contributed by atoms with E-state index < -0.39 is 0 Å². The SMILES string of the molecule is C1=C(C2CCNCC2)c2ccc(Nc3ccc4c(c3)OCO4)cc2CN1. The molecule has 0 atom stereocenters. The summed E-state index contributed by atoms with van der Waals surface area (Å²) in [4.78, 5) is 0. The first kappa shape index (κ1) is 15.6. The Hall–Kier alpha value is -2.66. The molecule has 134 valence electrons. The molecule has 0 spiro atoms. The normalized spacial score (nSPS) is 18.7. The van der Waals surface area contributed by atoms with Gasteiger partial charge in [-0.1, -0.05) is 6.07 Å². The van der Waals surface area contributed by atoms with Crippen molar-refractivity contribution in [2.75, 3.05) is 25.2 Å². The van der Waals surface area contributed by atoms with Crippen molar-refractivity contribution in [2.45, 2.75) is 19.4 Å². The van der Waals surface area contributed by atoms with Gasteiger partial charge < -0.3 is 25.4 Å². The van der Waals surface area contributed by atoms with Crippen LogP contribution in [0, 0.1) is 5.92 Å². The maximum Gasteiger partial charge on any atom is 0.231 e. The number of fused-ring (bicyclic) bond motifs is 2. The third-order valence-corrected chi connectivity index (χ3v) is 5.41. The van der Waals surface area contributed by atoms with Crippen molar-refractivity contribution in [3.05, 3.63) is 53.7 Å². The van der Waals surface area contributed by atoms with Crippen LogP contribution < -0.4 is 25.4 Å². The van der Waals surface area contributed by atoms with Crippen molar-refractivity contribution in [3.63, 3.8) is 0 Å². The van der Waals surface area contributed by atoms with Gasteiger partial charge in [0.05, 0.1) is 0 Å². The van der Waals surface area contributed by atoms with Crippen LogP contribution in [0.1, 0.15) is 24.0 Å². The van der Waals surface area contributed by atoms with Crippen LogP contribution in [0.5, 0.6) is 11.5 Å². The molecule has 0 bridgehead atoms. The van der Waals surface area contributed by atoms with Gasteiger partial charge >= 0.3 is 0 Å². The molecular weight excluding hydrogens is 326 g/mol. The van der Waals surface area contributed by atoms with E-state index in [0.717, 1.165) is 42.5 Å². The Morgan fingerprint density at radius 3 is 2.65 bits per heavy atom. The Labute approximate surface area is 153 Å². The number of piperidine rings is 1. The van der Waals surface area contributed by atoms with Gasteiger partial charge in [0.15, 0.2) is 11.5 Å². The molecule has 0 unspecified atom stereocenters. The van der Waals surface area contributed by atoms with Crippen LogP contribution in [-0.2, 0) is 6.54 Å². The lowest BCUT2D eigenvalue weighted by molar-refractivity contribution is 0.174. The van der Waals surface area contributed by atoms with Crippen LogP contribution >= 0.6 is 0 Å². The summed E-state index contributed by atoms with van der Waals surface area (Å²) in [6.07, 6.45) is 4.65. The number of nitrogens with one attached hydrogen (secondary N) is 3. The molecule has 26 heavy (non-hydrogen) atoms. The zero-order valence-corrected chi connectivity index (χ0v) is 14.7. The number of anilines is 2. The van der Waals surface area contributed by atoms with E-state index in [1.165, 1.54) is 29.5 Å². The summed E-state index contributed by atoms with van der Waals surface area (Å²) >= 11 is 0. The van der Waals surface area contributed by atoms with E-state index >= 15 is 0 Å². The Kier molecular flexibility index (Phi) is 3.94. The molecule has 0 radical (unpaired) electrons. The van der Waals surface area contributed by atoms with E-state index in [2.05, 4.69) is 40.3 Å². The fourth-order valence-corrected chi connectivity index (χ4v) is 4.06. The summed E-state index contributed by atoms with van der Waals surface area (Å²) < 4.78 is 10.8. The largest absolute Gasteiger partial charge is 0.454 e. The Morgan fingerprint density at radius 1 is 0.923 bits per heavy atom. The first-order valence-electron chi connectivity index (χ1n) is 9.31. The van der Waals surface area contributed by atoms with Crippen molar-refractivity contribution >= 4 is 16.9 Å². The maximum absolute atomic E-state index is 5.46. The van der Waals surface area contributed by atoms with Crippen molar-refractivity contribution in [3.8, 4) is 11.5 Å².